The van der Waals surface area contributed by atoms with Gasteiger partial charge in [-0.25, -0.2) is 4.79 Å². The van der Waals surface area contributed by atoms with Crippen molar-refractivity contribution in [1.29, 1.82) is 0 Å². The summed E-state index contributed by atoms with van der Waals surface area (Å²) in [6, 6.07) is 21.7. The Morgan fingerprint density at radius 2 is 1.62 bits per heavy atom. The number of hydrogen-bond acceptors (Lipinski definition) is 8. The third kappa shape index (κ3) is 4.44. The molecule has 0 aromatic heterocycles. The average Bonchev–Trinajstić information content (AvgIpc) is 3.35. The molecule has 1 aliphatic heterocycles. The number of phenolic OH excluding ortho intramolecular Hbond substituents is 1. The van der Waals surface area contributed by atoms with Crippen LogP contribution < -0.4 is 4.74 Å². The second-order valence-corrected chi connectivity index (χ2v) is 13.5. The lowest BCUT2D eigenvalue weighted by Crippen LogP contribution is -2.58. The Kier molecular flexibility index (Phi) is 7.65. The molecule has 0 spiro atoms. The summed E-state index contributed by atoms with van der Waals surface area (Å²) in [4.78, 5) is 70.5. The van der Waals surface area contributed by atoms with Crippen LogP contribution in [0.2, 0.25) is 0 Å². The van der Waals surface area contributed by atoms with Gasteiger partial charge in [-0.2, -0.15) is 4.90 Å². The molecule has 3 aromatic rings. The van der Waals surface area contributed by atoms with E-state index < -0.39 is 52.9 Å². The van der Waals surface area contributed by atoms with Crippen molar-refractivity contribution in [3.8, 4) is 11.5 Å². The van der Waals surface area contributed by atoms with E-state index in [-0.39, 0.29) is 41.5 Å². The van der Waals surface area contributed by atoms with Crippen molar-refractivity contribution in [1.82, 2.24) is 4.90 Å². The summed E-state index contributed by atoms with van der Waals surface area (Å²) in [6.45, 7) is 0. The standard InChI is InChI=1S/C37H30INO8/c1-46-28-16-20(15-27(38)33(28)42)31-22-13-14-23-30(35(44)39(34(23)43)36(45)47-2)25(22)17-26-32(41)24(19-9-5-3-6-10-19)18-29(40)37(26,31)21-11-7-4-8-12-21/h3-13,15-16,18,23,25-26,30-31,42H,14,17H2,1-2H3/t23-,25+,26-,30-,31-,37-/m0/s1. The molecule has 7 rings (SSSR count). The number of amides is 3. The number of nitrogens with zero attached hydrogens (tertiary/aromatic N) is 1. The highest BCUT2D eigenvalue weighted by Crippen LogP contribution is 2.64. The summed E-state index contributed by atoms with van der Waals surface area (Å²) in [5.74, 6) is -5.76. The van der Waals surface area contributed by atoms with Crippen LogP contribution in [0.15, 0.2) is 90.5 Å². The van der Waals surface area contributed by atoms with E-state index in [4.69, 9.17) is 9.47 Å². The van der Waals surface area contributed by atoms with E-state index in [1.165, 1.54) is 13.2 Å². The number of imide groups is 3. The first kappa shape index (κ1) is 31.0. The fraction of sp³-hybridized carbons (Fsp3) is 0.270. The summed E-state index contributed by atoms with van der Waals surface area (Å²) in [5, 5.41) is 10.8. The highest BCUT2D eigenvalue weighted by Gasteiger charge is 2.66. The number of aromatic hydroxyl groups is 1. The number of likely N-dealkylation sites (tertiary alicyclic amines) is 1. The number of carbonyl (C=O) groups excluding carboxylic acids is 5. The first-order valence-corrected chi connectivity index (χ1v) is 16.4. The fourth-order valence-electron chi connectivity index (χ4n) is 8.44. The fourth-order valence-corrected chi connectivity index (χ4v) is 9.06. The molecule has 0 bridgehead atoms. The van der Waals surface area contributed by atoms with E-state index in [0.717, 1.165) is 12.7 Å². The molecule has 9 nitrogen and oxygen atoms in total. The number of Topliss-reactive ketones (excluding diaryl/α,β-unsaturated/α-hetero) is 1. The molecular weight excluding hydrogens is 713 g/mol. The van der Waals surface area contributed by atoms with E-state index in [2.05, 4.69) is 0 Å². The lowest BCUT2D eigenvalue weighted by Gasteiger charge is -2.55. The molecule has 6 atom stereocenters. The first-order valence-electron chi connectivity index (χ1n) is 15.3. The van der Waals surface area contributed by atoms with Crippen LogP contribution in [0.4, 0.5) is 4.79 Å². The van der Waals surface area contributed by atoms with Gasteiger partial charge in [0.1, 0.15) is 0 Å². The molecule has 10 heteroatoms. The lowest BCUT2D eigenvalue weighted by molar-refractivity contribution is -0.138. The summed E-state index contributed by atoms with van der Waals surface area (Å²) in [6.07, 6.45) is 2.59. The van der Waals surface area contributed by atoms with Crippen molar-refractivity contribution >= 4 is 57.6 Å². The minimum Gasteiger partial charge on any atom is -0.504 e. The third-order valence-electron chi connectivity index (χ3n) is 10.3. The Hall–Kier alpha value is -4.58. The molecule has 4 aliphatic rings. The molecule has 2 fully saturated rings. The number of benzene rings is 3. The number of methoxy groups -OCH3 is 2. The minimum atomic E-state index is -1.43. The Labute approximate surface area is 284 Å². The molecule has 1 heterocycles. The van der Waals surface area contributed by atoms with Gasteiger partial charge >= 0.3 is 6.09 Å². The maximum atomic E-state index is 15.0. The number of phenols is 1. The van der Waals surface area contributed by atoms with E-state index in [0.29, 0.717) is 25.2 Å². The second-order valence-electron chi connectivity index (χ2n) is 12.3. The van der Waals surface area contributed by atoms with Crippen molar-refractivity contribution in [3.63, 3.8) is 0 Å². The van der Waals surface area contributed by atoms with Crippen LogP contribution in [0.1, 0.15) is 35.4 Å². The van der Waals surface area contributed by atoms with Crippen molar-refractivity contribution in [2.24, 2.45) is 23.7 Å². The van der Waals surface area contributed by atoms with Gasteiger partial charge in [-0.15, -0.1) is 0 Å². The van der Waals surface area contributed by atoms with Gasteiger partial charge in [0.2, 0.25) is 11.8 Å². The maximum absolute atomic E-state index is 15.0. The Morgan fingerprint density at radius 3 is 2.28 bits per heavy atom. The summed E-state index contributed by atoms with van der Waals surface area (Å²) in [5.41, 5.74) is 1.47. The average molecular weight is 744 g/mol. The molecule has 1 saturated carbocycles. The van der Waals surface area contributed by atoms with Crippen molar-refractivity contribution in [2.45, 2.75) is 24.2 Å². The zero-order valence-corrected chi connectivity index (χ0v) is 27.7. The van der Waals surface area contributed by atoms with Gasteiger partial charge in [-0.3, -0.25) is 19.2 Å². The third-order valence-corrected chi connectivity index (χ3v) is 11.2. The Morgan fingerprint density at radius 1 is 0.936 bits per heavy atom. The molecule has 1 saturated heterocycles. The molecule has 47 heavy (non-hydrogen) atoms. The number of ketones is 2. The van der Waals surface area contributed by atoms with Crippen LogP contribution in [0.3, 0.4) is 0 Å². The molecule has 3 aromatic carbocycles. The van der Waals surface area contributed by atoms with Gasteiger partial charge < -0.3 is 14.6 Å². The van der Waals surface area contributed by atoms with Crippen molar-refractivity contribution in [2.75, 3.05) is 14.2 Å². The number of halogens is 1. The van der Waals surface area contributed by atoms with E-state index >= 15 is 4.79 Å². The van der Waals surface area contributed by atoms with Crippen LogP contribution in [0, 0.1) is 27.2 Å². The highest BCUT2D eigenvalue weighted by molar-refractivity contribution is 14.1. The number of fused-ring (bicyclic) bond motifs is 4. The Balaban J connectivity index is 1.52. The zero-order valence-electron chi connectivity index (χ0n) is 25.5. The van der Waals surface area contributed by atoms with Crippen LogP contribution in [0.5, 0.6) is 11.5 Å². The first-order chi connectivity index (χ1) is 22.6. The van der Waals surface area contributed by atoms with E-state index in [1.807, 2.05) is 65.1 Å². The summed E-state index contributed by atoms with van der Waals surface area (Å²) >= 11 is 2.00. The van der Waals surface area contributed by atoms with Gasteiger partial charge in [-0.05, 0) is 76.2 Å². The number of carbonyl (C=O) groups is 5. The summed E-state index contributed by atoms with van der Waals surface area (Å²) in [7, 11) is 2.55. The lowest BCUT2D eigenvalue weighted by atomic mass is 9.44. The highest BCUT2D eigenvalue weighted by atomic mass is 127. The van der Waals surface area contributed by atoms with Crippen LogP contribution in [-0.2, 0) is 29.3 Å². The van der Waals surface area contributed by atoms with Crippen LogP contribution in [0.25, 0.3) is 5.57 Å². The topological polar surface area (TPSA) is 127 Å². The van der Waals surface area contributed by atoms with Gasteiger partial charge in [0, 0.05) is 17.4 Å². The monoisotopic (exact) mass is 743 g/mol. The van der Waals surface area contributed by atoms with Gasteiger partial charge in [-0.1, -0.05) is 72.3 Å². The summed E-state index contributed by atoms with van der Waals surface area (Å²) < 4.78 is 10.8. The number of ether oxygens (including phenoxy) is 2. The van der Waals surface area contributed by atoms with Crippen molar-refractivity contribution in [3.05, 3.63) is 111 Å². The predicted octanol–water partition coefficient (Wildman–Crippen LogP) is 5.60. The molecule has 3 amide bonds. The Bertz CT molecular complexity index is 1920. The van der Waals surface area contributed by atoms with Crippen LogP contribution in [-0.4, -0.2) is 53.7 Å². The smallest absolute Gasteiger partial charge is 0.423 e. The second kappa shape index (κ2) is 11.6. The zero-order chi connectivity index (χ0) is 33.2. The van der Waals surface area contributed by atoms with Crippen LogP contribution >= 0.6 is 22.6 Å². The molecule has 0 unspecified atom stereocenters. The molecular formula is C37H30INO8. The van der Waals surface area contributed by atoms with Gasteiger partial charge in [0.05, 0.1) is 35.0 Å². The minimum absolute atomic E-state index is 0.0604. The van der Waals surface area contributed by atoms with E-state index in [9.17, 15) is 24.3 Å². The molecule has 0 radical (unpaired) electrons. The van der Waals surface area contributed by atoms with Crippen molar-refractivity contribution < 1.29 is 38.6 Å². The molecule has 1 N–H and O–H groups in total. The quantitative estimate of drug-likeness (QED) is 0.208. The van der Waals surface area contributed by atoms with Gasteiger partial charge in [0.25, 0.3) is 0 Å². The molecule has 238 valence electrons. The normalized spacial score (nSPS) is 28.1. The van der Waals surface area contributed by atoms with Gasteiger partial charge in [0.15, 0.2) is 23.1 Å². The predicted molar refractivity (Wildman–Crippen MR) is 178 cm³/mol. The largest absolute Gasteiger partial charge is 0.504 e. The number of allylic oxidation sites excluding steroid dienone is 4. The SMILES string of the molecule is COC(=O)N1C(=O)[C@H]2[C@H](CC=C3[C@H]2C[C@H]2C(=O)C(c4ccccc4)=CC(=O)[C@@]2(c2ccccc2)[C@H]3c2cc(I)c(O)c(OC)c2)C1=O. The molecule has 3 aliphatic carbocycles. The maximum Gasteiger partial charge on any atom is 0.423 e. The number of hydrogen-bond donors (Lipinski definition) is 1. The van der Waals surface area contributed by atoms with E-state index in [1.54, 1.807) is 36.4 Å². The number of rotatable bonds is 4.